The largest absolute Gasteiger partial charge is 0.370 e. The first-order valence-corrected chi connectivity index (χ1v) is 9.72. The third-order valence-corrected chi connectivity index (χ3v) is 5.28. The summed E-state index contributed by atoms with van der Waals surface area (Å²) in [6, 6.07) is 8.09. The third-order valence-electron chi connectivity index (χ3n) is 5.28. The Bertz CT molecular complexity index is 754. The molecule has 0 saturated carbocycles. The maximum Gasteiger partial charge on any atom is 0.322 e. The molecule has 1 aromatic heterocycles. The Morgan fingerprint density at radius 1 is 0.889 bits per heavy atom. The van der Waals surface area contributed by atoms with Crippen molar-refractivity contribution in [3.05, 3.63) is 42.9 Å². The SMILES string of the molecule is O=C(Nc1ccccc1N1CCCCC1)N1CCN(c2cnccn2)CC1. The summed E-state index contributed by atoms with van der Waals surface area (Å²) >= 11 is 0. The van der Waals surface area contributed by atoms with Crippen LogP contribution in [0.15, 0.2) is 42.9 Å². The molecule has 2 aromatic rings. The van der Waals surface area contributed by atoms with Gasteiger partial charge in [0.05, 0.1) is 17.6 Å². The summed E-state index contributed by atoms with van der Waals surface area (Å²) in [5.74, 6) is 0.869. The van der Waals surface area contributed by atoms with Crippen molar-refractivity contribution in [2.24, 2.45) is 0 Å². The number of para-hydroxylation sites is 2. The van der Waals surface area contributed by atoms with E-state index in [9.17, 15) is 4.79 Å². The summed E-state index contributed by atoms with van der Waals surface area (Å²) in [5, 5.41) is 3.13. The van der Waals surface area contributed by atoms with Crippen LogP contribution in [0.3, 0.4) is 0 Å². The zero-order valence-corrected chi connectivity index (χ0v) is 15.5. The Kier molecular flexibility index (Phi) is 5.37. The number of anilines is 3. The van der Waals surface area contributed by atoms with Gasteiger partial charge in [0.2, 0.25) is 0 Å². The topological polar surface area (TPSA) is 64.6 Å². The van der Waals surface area contributed by atoms with Crippen LogP contribution in [-0.4, -0.2) is 60.2 Å². The van der Waals surface area contributed by atoms with E-state index in [0.29, 0.717) is 13.1 Å². The molecule has 1 N–H and O–H groups in total. The van der Waals surface area contributed by atoms with E-state index in [1.54, 1.807) is 18.6 Å². The van der Waals surface area contributed by atoms with Crippen molar-refractivity contribution in [1.82, 2.24) is 14.9 Å². The molecule has 2 aliphatic heterocycles. The number of carbonyl (C=O) groups excluding carboxylic acids is 1. The number of carbonyl (C=O) groups is 1. The smallest absolute Gasteiger partial charge is 0.322 e. The van der Waals surface area contributed by atoms with Crippen LogP contribution >= 0.6 is 0 Å². The second-order valence-corrected chi connectivity index (χ2v) is 7.03. The van der Waals surface area contributed by atoms with E-state index in [2.05, 4.69) is 31.2 Å². The van der Waals surface area contributed by atoms with Crippen molar-refractivity contribution in [2.75, 3.05) is 54.4 Å². The molecular weight excluding hydrogens is 340 g/mol. The van der Waals surface area contributed by atoms with Gasteiger partial charge in [-0.25, -0.2) is 9.78 Å². The van der Waals surface area contributed by atoms with Gasteiger partial charge in [0.1, 0.15) is 5.82 Å². The lowest BCUT2D eigenvalue weighted by atomic mass is 10.1. The second kappa shape index (κ2) is 8.24. The molecule has 2 saturated heterocycles. The van der Waals surface area contributed by atoms with Gasteiger partial charge in [-0.3, -0.25) is 4.98 Å². The Hall–Kier alpha value is -2.83. The lowest BCUT2D eigenvalue weighted by Crippen LogP contribution is -2.50. The maximum absolute atomic E-state index is 12.8. The molecule has 142 valence electrons. The zero-order valence-electron chi connectivity index (χ0n) is 15.5. The number of piperidine rings is 1. The van der Waals surface area contributed by atoms with E-state index in [-0.39, 0.29) is 6.03 Å². The fourth-order valence-electron chi connectivity index (χ4n) is 3.78. The number of benzene rings is 1. The fraction of sp³-hybridized carbons (Fsp3) is 0.450. The fourth-order valence-corrected chi connectivity index (χ4v) is 3.78. The van der Waals surface area contributed by atoms with Gasteiger partial charge in [-0.05, 0) is 31.4 Å². The molecular formula is C20H26N6O. The van der Waals surface area contributed by atoms with Crippen LogP contribution in [0.2, 0.25) is 0 Å². The lowest BCUT2D eigenvalue weighted by molar-refractivity contribution is 0.208. The first kappa shape index (κ1) is 17.6. The standard InChI is InChI=1S/C20H26N6O/c27-20(26-14-12-25(13-15-26)19-16-21-8-9-22-19)23-17-6-2-3-7-18(17)24-10-4-1-5-11-24/h2-3,6-9,16H,1,4-5,10-15H2,(H,23,27). The van der Waals surface area contributed by atoms with Gasteiger partial charge in [-0.1, -0.05) is 12.1 Å². The number of nitrogens with zero attached hydrogens (tertiary/aromatic N) is 5. The van der Waals surface area contributed by atoms with Crippen LogP contribution in [0.25, 0.3) is 0 Å². The molecule has 27 heavy (non-hydrogen) atoms. The number of nitrogens with one attached hydrogen (secondary N) is 1. The highest BCUT2D eigenvalue weighted by Gasteiger charge is 2.23. The predicted molar refractivity (Wildman–Crippen MR) is 107 cm³/mol. The van der Waals surface area contributed by atoms with Crippen molar-refractivity contribution < 1.29 is 4.79 Å². The van der Waals surface area contributed by atoms with E-state index in [4.69, 9.17) is 0 Å². The van der Waals surface area contributed by atoms with E-state index in [1.807, 2.05) is 23.1 Å². The quantitative estimate of drug-likeness (QED) is 0.905. The number of piperazine rings is 1. The van der Waals surface area contributed by atoms with Crippen LogP contribution in [-0.2, 0) is 0 Å². The Morgan fingerprint density at radius 2 is 1.67 bits per heavy atom. The second-order valence-electron chi connectivity index (χ2n) is 7.03. The molecule has 0 radical (unpaired) electrons. The summed E-state index contributed by atoms with van der Waals surface area (Å²) in [5.41, 5.74) is 2.03. The lowest BCUT2D eigenvalue weighted by Gasteiger charge is -2.35. The van der Waals surface area contributed by atoms with Crippen molar-refractivity contribution >= 4 is 23.2 Å². The average molecular weight is 366 g/mol. The minimum Gasteiger partial charge on any atom is -0.370 e. The van der Waals surface area contributed by atoms with Gasteiger partial charge in [-0.15, -0.1) is 0 Å². The van der Waals surface area contributed by atoms with Crippen molar-refractivity contribution in [3.8, 4) is 0 Å². The monoisotopic (exact) mass is 366 g/mol. The summed E-state index contributed by atoms with van der Waals surface area (Å²) in [6.45, 7) is 5.00. The van der Waals surface area contributed by atoms with Gasteiger partial charge in [-0.2, -0.15) is 0 Å². The molecule has 7 nitrogen and oxygen atoms in total. The van der Waals surface area contributed by atoms with E-state index in [0.717, 1.165) is 43.4 Å². The van der Waals surface area contributed by atoms with Gasteiger partial charge in [0.25, 0.3) is 0 Å². The van der Waals surface area contributed by atoms with Crippen molar-refractivity contribution in [2.45, 2.75) is 19.3 Å². The minimum atomic E-state index is -0.0294. The summed E-state index contributed by atoms with van der Waals surface area (Å²) < 4.78 is 0. The van der Waals surface area contributed by atoms with Gasteiger partial charge in [0.15, 0.2) is 0 Å². The number of aromatic nitrogens is 2. The molecule has 4 rings (SSSR count). The first-order valence-electron chi connectivity index (χ1n) is 9.72. The molecule has 0 spiro atoms. The highest BCUT2D eigenvalue weighted by molar-refractivity contribution is 5.93. The van der Waals surface area contributed by atoms with Crippen LogP contribution in [0.1, 0.15) is 19.3 Å². The minimum absolute atomic E-state index is 0.0294. The molecule has 0 bridgehead atoms. The van der Waals surface area contributed by atoms with E-state index in [1.165, 1.54) is 19.3 Å². The summed E-state index contributed by atoms with van der Waals surface area (Å²) in [7, 11) is 0. The van der Waals surface area contributed by atoms with Crippen molar-refractivity contribution in [1.29, 1.82) is 0 Å². The summed E-state index contributed by atoms with van der Waals surface area (Å²) in [6.07, 6.45) is 8.86. The Balaban J connectivity index is 1.37. The van der Waals surface area contributed by atoms with Crippen LogP contribution < -0.4 is 15.1 Å². The summed E-state index contributed by atoms with van der Waals surface area (Å²) in [4.78, 5) is 27.7. The number of hydrogen-bond donors (Lipinski definition) is 1. The van der Waals surface area contributed by atoms with Gasteiger partial charge >= 0.3 is 6.03 Å². The molecule has 3 heterocycles. The number of amides is 2. The molecule has 0 unspecified atom stereocenters. The molecule has 2 fully saturated rings. The zero-order chi connectivity index (χ0) is 18.5. The Morgan fingerprint density at radius 3 is 2.41 bits per heavy atom. The Labute approximate surface area is 160 Å². The maximum atomic E-state index is 12.8. The van der Waals surface area contributed by atoms with Gasteiger partial charge < -0.3 is 20.0 Å². The number of hydrogen-bond acceptors (Lipinski definition) is 5. The third kappa shape index (κ3) is 4.13. The van der Waals surface area contributed by atoms with E-state index < -0.39 is 0 Å². The highest BCUT2D eigenvalue weighted by Crippen LogP contribution is 2.28. The van der Waals surface area contributed by atoms with Gasteiger partial charge in [0, 0.05) is 51.7 Å². The molecule has 2 aliphatic rings. The molecule has 0 aliphatic carbocycles. The molecule has 1 aromatic carbocycles. The molecule has 2 amide bonds. The van der Waals surface area contributed by atoms with Crippen LogP contribution in [0.4, 0.5) is 22.0 Å². The number of urea groups is 1. The number of rotatable bonds is 3. The molecule has 7 heteroatoms. The van der Waals surface area contributed by atoms with Crippen molar-refractivity contribution in [3.63, 3.8) is 0 Å². The molecule has 0 atom stereocenters. The van der Waals surface area contributed by atoms with Crippen LogP contribution in [0, 0.1) is 0 Å². The van der Waals surface area contributed by atoms with E-state index >= 15 is 0 Å². The first-order chi connectivity index (χ1) is 13.3. The normalized spacial score (nSPS) is 17.7. The average Bonchev–Trinajstić information content (AvgIpc) is 2.75. The predicted octanol–water partition coefficient (Wildman–Crippen LogP) is 2.82. The highest BCUT2D eigenvalue weighted by atomic mass is 16.2. The van der Waals surface area contributed by atoms with Crippen LogP contribution in [0.5, 0.6) is 0 Å².